The van der Waals surface area contributed by atoms with Crippen LogP contribution in [0.5, 0.6) is 0 Å². The summed E-state index contributed by atoms with van der Waals surface area (Å²) in [5.74, 6) is -1.44. The third-order valence-electron chi connectivity index (χ3n) is 4.85. The fourth-order valence-corrected chi connectivity index (χ4v) is 5.06. The first-order valence-corrected chi connectivity index (χ1v) is 9.78. The number of halogens is 4. The van der Waals surface area contributed by atoms with Crippen molar-refractivity contribution in [1.82, 2.24) is 15.3 Å². The Morgan fingerprint density at radius 2 is 2.10 bits per heavy atom. The maximum absolute atomic E-state index is 10.6. The van der Waals surface area contributed by atoms with Gasteiger partial charge in [-0.05, 0) is 24.6 Å². The van der Waals surface area contributed by atoms with Gasteiger partial charge in [0.15, 0.2) is 5.82 Å². The van der Waals surface area contributed by atoms with Gasteiger partial charge in [-0.15, -0.1) is 11.3 Å². The third-order valence-corrected chi connectivity index (χ3v) is 6.22. The Morgan fingerprint density at radius 3 is 2.69 bits per heavy atom. The van der Waals surface area contributed by atoms with Crippen LogP contribution >= 0.6 is 22.9 Å². The van der Waals surface area contributed by atoms with Gasteiger partial charge in [-0.1, -0.05) is 11.6 Å². The molecular formula is C17H15ClF3N5O2S. The lowest BCUT2D eigenvalue weighted by Crippen LogP contribution is -2.44. The molecule has 1 aromatic carbocycles. The average Bonchev–Trinajstić information content (AvgIpc) is 3.34. The highest BCUT2D eigenvalue weighted by molar-refractivity contribution is 7.26. The first-order valence-electron chi connectivity index (χ1n) is 8.59. The number of piperazine rings is 1. The van der Waals surface area contributed by atoms with E-state index in [9.17, 15) is 13.2 Å². The zero-order valence-corrected chi connectivity index (χ0v) is 16.3. The number of carboxylic acids is 1. The minimum Gasteiger partial charge on any atom is -0.475 e. The Hall–Kier alpha value is -2.37. The maximum Gasteiger partial charge on any atom is 0.490 e. The average molecular weight is 446 g/mol. The Balaban J connectivity index is 0.000000255. The lowest BCUT2D eigenvalue weighted by Gasteiger charge is -2.28. The molecule has 2 bridgehead atoms. The van der Waals surface area contributed by atoms with E-state index >= 15 is 0 Å². The van der Waals surface area contributed by atoms with Crippen LogP contribution in [0.1, 0.15) is 6.42 Å². The first kappa shape index (κ1) is 19.9. The number of carbonyl (C=O) groups is 1. The molecule has 2 aliphatic heterocycles. The van der Waals surface area contributed by atoms with Crippen LogP contribution in [0.2, 0.25) is 5.02 Å². The number of rotatable bonds is 1. The highest BCUT2D eigenvalue weighted by atomic mass is 35.5. The van der Waals surface area contributed by atoms with E-state index in [-0.39, 0.29) is 0 Å². The second kappa shape index (κ2) is 7.15. The van der Waals surface area contributed by atoms with Crippen molar-refractivity contribution in [3.63, 3.8) is 0 Å². The number of aliphatic carboxylic acids is 1. The smallest absolute Gasteiger partial charge is 0.475 e. The SMILES string of the molecule is Nc1nc(N2C[C@@H]3C[C@H]2CN3)c2sc3cc(Cl)ccc3c2n1.O=C(O)C(F)(F)F. The Bertz CT molecular complexity index is 1110. The van der Waals surface area contributed by atoms with Gasteiger partial charge in [0.1, 0.15) is 0 Å². The van der Waals surface area contributed by atoms with Crippen LogP contribution in [-0.2, 0) is 4.79 Å². The number of alkyl halides is 3. The molecular weight excluding hydrogens is 431 g/mol. The number of benzene rings is 1. The van der Waals surface area contributed by atoms with Crippen molar-refractivity contribution in [2.75, 3.05) is 23.7 Å². The number of fused-ring (bicyclic) bond motifs is 5. The van der Waals surface area contributed by atoms with Crippen molar-refractivity contribution < 1.29 is 23.1 Å². The molecule has 0 aliphatic carbocycles. The third kappa shape index (κ3) is 3.77. The molecule has 0 radical (unpaired) electrons. The number of hydrogen-bond acceptors (Lipinski definition) is 7. The number of anilines is 2. The second-order valence-corrected chi connectivity index (χ2v) is 8.26. The van der Waals surface area contributed by atoms with E-state index in [1.165, 1.54) is 6.42 Å². The van der Waals surface area contributed by atoms with E-state index in [2.05, 4.69) is 20.2 Å². The van der Waals surface area contributed by atoms with Crippen LogP contribution in [0.3, 0.4) is 0 Å². The molecule has 2 aromatic heterocycles. The minimum absolute atomic E-state index is 0.341. The molecule has 0 unspecified atom stereocenters. The van der Waals surface area contributed by atoms with Crippen molar-refractivity contribution >= 4 is 61.0 Å². The number of nitrogens with zero attached hydrogens (tertiary/aromatic N) is 3. The molecule has 0 saturated carbocycles. The predicted octanol–water partition coefficient (Wildman–Crippen LogP) is 3.26. The van der Waals surface area contributed by atoms with Crippen molar-refractivity contribution in [3.8, 4) is 0 Å². The van der Waals surface area contributed by atoms with Gasteiger partial charge in [0.25, 0.3) is 0 Å². The number of nitrogen functional groups attached to an aromatic ring is 1. The first-order chi connectivity index (χ1) is 13.6. The normalized spacial score (nSPS) is 20.9. The van der Waals surface area contributed by atoms with Crippen LogP contribution in [0.15, 0.2) is 18.2 Å². The van der Waals surface area contributed by atoms with E-state index in [4.69, 9.17) is 27.2 Å². The number of thiophene rings is 1. The summed E-state index contributed by atoms with van der Waals surface area (Å²) in [5.41, 5.74) is 6.92. The second-order valence-electron chi connectivity index (χ2n) is 6.78. The standard InChI is InChI=1S/C15H14ClN5S.C2HF3O2/c16-7-1-2-10-11(3-7)22-13-12(10)19-15(17)20-14(13)21-6-8-4-9(21)5-18-8;3-2(4,5)1(6)7/h1-3,8-9,18H,4-6H2,(H2,17,19,20);(H,6,7)/t8-,9-;/m0./s1. The van der Waals surface area contributed by atoms with Crippen molar-refractivity contribution in [2.24, 2.45) is 0 Å². The van der Waals surface area contributed by atoms with E-state index in [1.807, 2.05) is 18.2 Å². The van der Waals surface area contributed by atoms with Gasteiger partial charge in [-0.3, -0.25) is 0 Å². The molecule has 12 heteroatoms. The lowest BCUT2D eigenvalue weighted by atomic mass is 10.2. The zero-order chi connectivity index (χ0) is 20.9. The molecule has 7 nitrogen and oxygen atoms in total. The van der Waals surface area contributed by atoms with E-state index < -0.39 is 12.1 Å². The molecule has 2 fully saturated rings. The van der Waals surface area contributed by atoms with Crippen LogP contribution in [0.25, 0.3) is 20.3 Å². The fraction of sp³-hybridized carbons (Fsp3) is 0.353. The number of nitrogens with one attached hydrogen (secondary N) is 1. The van der Waals surface area contributed by atoms with Gasteiger partial charge in [0, 0.05) is 40.3 Å². The minimum atomic E-state index is -5.08. The van der Waals surface area contributed by atoms with E-state index in [0.29, 0.717) is 18.0 Å². The molecule has 2 aliphatic rings. The van der Waals surface area contributed by atoms with Gasteiger partial charge < -0.3 is 21.1 Å². The van der Waals surface area contributed by atoms with Crippen LogP contribution in [0.4, 0.5) is 24.9 Å². The van der Waals surface area contributed by atoms with Crippen LogP contribution < -0.4 is 16.0 Å². The lowest BCUT2D eigenvalue weighted by molar-refractivity contribution is -0.192. The maximum atomic E-state index is 10.6. The highest BCUT2D eigenvalue weighted by Crippen LogP contribution is 2.41. The quantitative estimate of drug-likeness (QED) is 0.528. The summed E-state index contributed by atoms with van der Waals surface area (Å²) in [5, 5.41) is 12.5. The molecule has 4 N–H and O–H groups in total. The fourth-order valence-electron chi connectivity index (χ4n) is 3.63. The van der Waals surface area contributed by atoms with Crippen molar-refractivity contribution in [3.05, 3.63) is 23.2 Å². The number of nitrogens with two attached hydrogens (primary N) is 1. The molecule has 2 atom stereocenters. The van der Waals surface area contributed by atoms with E-state index in [0.717, 1.165) is 44.2 Å². The topological polar surface area (TPSA) is 104 Å². The summed E-state index contributed by atoms with van der Waals surface area (Å²) in [6.45, 7) is 2.01. The zero-order valence-electron chi connectivity index (χ0n) is 14.7. The summed E-state index contributed by atoms with van der Waals surface area (Å²) in [4.78, 5) is 20.3. The monoisotopic (exact) mass is 445 g/mol. The molecule has 4 heterocycles. The van der Waals surface area contributed by atoms with Gasteiger partial charge in [0.2, 0.25) is 5.95 Å². The molecule has 0 spiro atoms. The van der Waals surface area contributed by atoms with Crippen molar-refractivity contribution in [1.29, 1.82) is 0 Å². The Kier molecular flexibility index (Phi) is 4.91. The molecule has 29 heavy (non-hydrogen) atoms. The summed E-state index contributed by atoms with van der Waals surface area (Å²) in [6.07, 6.45) is -3.90. The molecule has 154 valence electrons. The van der Waals surface area contributed by atoms with Crippen LogP contribution in [0, 0.1) is 0 Å². The molecule has 2 saturated heterocycles. The molecule has 5 rings (SSSR count). The number of aromatic nitrogens is 2. The van der Waals surface area contributed by atoms with E-state index in [1.54, 1.807) is 11.3 Å². The number of carboxylic acid groups (broad SMARTS) is 1. The summed E-state index contributed by atoms with van der Waals surface area (Å²) >= 11 is 7.82. The highest BCUT2D eigenvalue weighted by Gasteiger charge is 2.39. The largest absolute Gasteiger partial charge is 0.490 e. The van der Waals surface area contributed by atoms with Gasteiger partial charge in [0.05, 0.1) is 10.2 Å². The Morgan fingerprint density at radius 1 is 1.38 bits per heavy atom. The summed E-state index contributed by atoms with van der Waals surface area (Å²) in [6, 6.07) is 6.98. The van der Waals surface area contributed by atoms with Crippen LogP contribution in [-0.4, -0.2) is 52.4 Å². The predicted molar refractivity (Wildman–Crippen MR) is 106 cm³/mol. The van der Waals surface area contributed by atoms with Gasteiger partial charge in [-0.2, -0.15) is 18.2 Å². The summed E-state index contributed by atoms with van der Waals surface area (Å²) in [7, 11) is 0. The van der Waals surface area contributed by atoms with Gasteiger partial charge >= 0.3 is 12.1 Å². The van der Waals surface area contributed by atoms with Crippen molar-refractivity contribution in [2.45, 2.75) is 24.7 Å². The summed E-state index contributed by atoms with van der Waals surface area (Å²) < 4.78 is 34.0. The van der Waals surface area contributed by atoms with Gasteiger partial charge in [-0.25, -0.2) is 9.78 Å². The molecule has 0 amide bonds. The number of hydrogen-bond donors (Lipinski definition) is 3. The molecule has 3 aromatic rings. The Labute approximate surface area is 171 Å².